The lowest BCUT2D eigenvalue weighted by Crippen LogP contribution is -2.13. The molecule has 4 saturated heterocycles. The Bertz CT molecular complexity index is 612. The van der Waals surface area contributed by atoms with Crippen LogP contribution >= 0.6 is 0 Å². The van der Waals surface area contributed by atoms with Crippen molar-refractivity contribution >= 4 is 0 Å². The van der Waals surface area contributed by atoms with Crippen molar-refractivity contribution in [2.24, 2.45) is 0 Å². The maximum atomic E-state index is 10.6. The summed E-state index contributed by atoms with van der Waals surface area (Å²) in [5.41, 5.74) is 4.90. The van der Waals surface area contributed by atoms with Gasteiger partial charge >= 0.3 is 0 Å². The first-order chi connectivity index (χ1) is 11.3. The SMILES string of the molecule is Oc1cc(CC2CO2)c(CC2CO2)c(CC2CO2)c1CC1CO1. The lowest BCUT2D eigenvalue weighted by molar-refractivity contribution is 0.390. The summed E-state index contributed by atoms with van der Waals surface area (Å²) in [7, 11) is 0. The molecular formula is C18H22O5. The van der Waals surface area contributed by atoms with Crippen LogP contribution in [0.15, 0.2) is 6.07 Å². The molecule has 4 heterocycles. The van der Waals surface area contributed by atoms with E-state index in [9.17, 15) is 5.11 Å². The first-order valence-electron chi connectivity index (χ1n) is 8.58. The Balaban J connectivity index is 1.54. The normalized spacial score (nSPS) is 33.6. The highest BCUT2D eigenvalue weighted by molar-refractivity contribution is 5.51. The number of hydrogen-bond acceptors (Lipinski definition) is 5. The van der Waals surface area contributed by atoms with Gasteiger partial charge in [0, 0.05) is 31.2 Å². The summed E-state index contributed by atoms with van der Waals surface area (Å²) in [5.74, 6) is 0.410. The first kappa shape index (κ1) is 14.2. The molecule has 0 amide bonds. The first-order valence-corrected chi connectivity index (χ1v) is 8.58. The zero-order valence-corrected chi connectivity index (χ0v) is 13.1. The van der Waals surface area contributed by atoms with Crippen LogP contribution in [0.3, 0.4) is 0 Å². The molecule has 0 radical (unpaired) electrons. The van der Waals surface area contributed by atoms with E-state index in [1.807, 2.05) is 6.07 Å². The highest BCUT2D eigenvalue weighted by atomic mass is 16.6. The predicted octanol–water partition coefficient (Wildman–Crippen LogP) is 1.16. The molecule has 4 aliphatic heterocycles. The molecule has 5 nitrogen and oxygen atoms in total. The van der Waals surface area contributed by atoms with Crippen LogP contribution in [0.25, 0.3) is 0 Å². The third-order valence-corrected chi connectivity index (χ3v) is 5.09. The Labute approximate surface area is 135 Å². The highest BCUT2D eigenvalue weighted by Crippen LogP contribution is 2.37. The Hall–Kier alpha value is -1.14. The zero-order valence-electron chi connectivity index (χ0n) is 13.1. The number of phenolic OH excluding ortho intramolecular Hbond substituents is 1. The second kappa shape index (κ2) is 5.45. The molecule has 5 rings (SSSR count). The Kier molecular flexibility index (Phi) is 3.37. The largest absolute Gasteiger partial charge is 0.508 e. The maximum absolute atomic E-state index is 10.6. The summed E-state index contributed by atoms with van der Waals surface area (Å²) in [6, 6.07) is 1.95. The zero-order chi connectivity index (χ0) is 15.4. The monoisotopic (exact) mass is 318 g/mol. The molecule has 1 aromatic rings. The standard InChI is InChI=1S/C18H22O5/c19-18-2-10(1-11-6-20-11)15(3-12-7-21-12)16(4-13-8-22-13)17(18)5-14-9-23-14/h2,11-14,19H,1,3-9H2. The molecule has 0 aliphatic carbocycles. The number of ether oxygens (including phenoxy) is 4. The summed E-state index contributed by atoms with van der Waals surface area (Å²) in [4.78, 5) is 0. The lowest BCUT2D eigenvalue weighted by Gasteiger charge is -2.19. The molecule has 4 unspecified atom stereocenters. The number of rotatable bonds is 8. The average Bonchev–Trinajstić information content (AvgIpc) is 3.32. The van der Waals surface area contributed by atoms with Gasteiger partial charge in [0.15, 0.2) is 0 Å². The minimum absolute atomic E-state index is 0.266. The third-order valence-electron chi connectivity index (χ3n) is 5.09. The summed E-state index contributed by atoms with van der Waals surface area (Å²) >= 11 is 0. The van der Waals surface area contributed by atoms with Crippen LogP contribution in [0.1, 0.15) is 22.3 Å². The fraction of sp³-hybridized carbons (Fsp3) is 0.667. The second-order valence-corrected chi connectivity index (χ2v) is 7.13. The van der Waals surface area contributed by atoms with Crippen molar-refractivity contribution in [3.63, 3.8) is 0 Å². The molecule has 0 spiro atoms. The number of aromatic hydroxyl groups is 1. The van der Waals surface area contributed by atoms with Crippen LogP contribution in [0.2, 0.25) is 0 Å². The molecular weight excluding hydrogens is 296 g/mol. The Morgan fingerprint density at radius 2 is 1.13 bits per heavy atom. The van der Waals surface area contributed by atoms with E-state index in [1.165, 1.54) is 16.7 Å². The molecule has 124 valence electrons. The number of benzene rings is 1. The van der Waals surface area contributed by atoms with Crippen molar-refractivity contribution in [3.05, 3.63) is 28.3 Å². The van der Waals surface area contributed by atoms with Crippen molar-refractivity contribution in [1.82, 2.24) is 0 Å². The minimum Gasteiger partial charge on any atom is -0.508 e. The molecule has 0 saturated carbocycles. The highest BCUT2D eigenvalue weighted by Gasteiger charge is 2.34. The second-order valence-electron chi connectivity index (χ2n) is 7.13. The van der Waals surface area contributed by atoms with E-state index in [1.54, 1.807) is 0 Å². The fourth-order valence-corrected chi connectivity index (χ4v) is 3.45. The molecule has 1 N–H and O–H groups in total. The van der Waals surface area contributed by atoms with E-state index < -0.39 is 0 Å². The molecule has 4 atom stereocenters. The van der Waals surface area contributed by atoms with Gasteiger partial charge in [-0.05, 0) is 22.8 Å². The van der Waals surface area contributed by atoms with Crippen LogP contribution in [0, 0.1) is 0 Å². The molecule has 0 aromatic heterocycles. The van der Waals surface area contributed by atoms with Crippen LogP contribution in [0.5, 0.6) is 5.75 Å². The fourth-order valence-electron chi connectivity index (χ4n) is 3.45. The van der Waals surface area contributed by atoms with Gasteiger partial charge in [-0.1, -0.05) is 0 Å². The van der Waals surface area contributed by atoms with Gasteiger partial charge in [-0.15, -0.1) is 0 Å². The molecule has 4 fully saturated rings. The topological polar surface area (TPSA) is 70.3 Å². The maximum Gasteiger partial charge on any atom is 0.119 e. The van der Waals surface area contributed by atoms with Crippen LogP contribution < -0.4 is 0 Å². The smallest absolute Gasteiger partial charge is 0.119 e. The predicted molar refractivity (Wildman–Crippen MR) is 81.9 cm³/mol. The van der Waals surface area contributed by atoms with E-state index >= 15 is 0 Å². The van der Waals surface area contributed by atoms with Crippen molar-refractivity contribution < 1.29 is 24.1 Å². The Morgan fingerprint density at radius 1 is 0.696 bits per heavy atom. The van der Waals surface area contributed by atoms with E-state index in [2.05, 4.69) is 0 Å². The van der Waals surface area contributed by atoms with Gasteiger partial charge in [-0.3, -0.25) is 0 Å². The molecule has 0 bridgehead atoms. The van der Waals surface area contributed by atoms with Crippen LogP contribution in [-0.2, 0) is 44.6 Å². The molecule has 4 aliphatic rings. The molecule has 5 heteroatoms. The molecule has 23 heavy (non-hydrogen) atoms. The van der Waals surface area contributed by atoms with Gasteiger partial charge in [0.25, 0.3) is 0 Å². The van der Waals surface area contributed by atoms with Gasteiger partial charge in [-0.2, -0.15) is 0 Å². The summed E-state index contributed by atoms with van der Waals surface area (Å²) < 4.78 is 21.7. The van der Waals surface area contributed by atoms with Gasteiger partial charge in [0.1, 0.15) is 5.75 Å². The number of hydrogen-bond donors (Lipinski definition) is 1. The lowest BCUT2D eigenvalue weighted by atomic mass is 9.86. The van der Waals surface area contributed by atoms with Crippen LogP contribution in [0.4, 0.5) is 0 Å². The van der Waals surface area contributed by atoms with Crippen molar-refractivity contribution in [3.8, 4) is 5.75 Å². The van der Waals surface area contributed by atoms with E-state index in [0.29, 0.717) is 24.1 Å². The minimum atomic E-state index is 0.266. The number of epoxide rings is 4. The number of phenols is 1. The van der Waals surface area contributed by atoms with Gasteiger partial charge in [0.05, 0.1) is 50.8 Å². The van der Waals surface area contributed by atoms with Crippen LogP contribution in [-0.4, -0.2) is 55.9 Å². The van der Waals surface area contributed by atoms with E-state index in [0.717, 1.165) is 57.7 Å². The third kappa shape index (κ3) is 3.38. The average molecular weight is 318 g/mol. The Morgan fingerprint density at radius 3 is 1.65 bits per heavy atom. The van der Waals surface area contributed by atoms with E-state index in [-0.39, 0.29) is 6.10 Å². The summed E-state index contributed by atoms with van der Waals surface area (Å²) in [6.07, 6.45) is 4.72. The quantitative estimate of drug-likeness (QED) is 0.728. The van der Waals surface area contributed by atoms with E-state index in [4.69, 9.17) is 18.9 Å². The summed E-state index contributed by atoms with van der Waals surface area (Å²) in [5, 5.41) is 10.6. The molecule has 1 aromatic carbocycles. The van der Waals surface area contributed by atoms with Gasteiger partial charge in [-0.25, -0.2) is 0 Å². The van der Waals surface area contributed by atoms with Gasteiger partial charge < -0.3 is 24.1 Å². The van der Waals surface area contributed by atoms with Crippen molar-refractivity contribution in [2.45, 2.75) is 50.1 Å². The van der Waals surface area contributed by atoms with Gasteiger partial charge in [0.2, 0.25) is 0 Å². The van der Waals surface area contributed by atoms with Crippen molar-refractivity contribution in [1.29, 1.82) is 0 Å². The summed E-state index contributed by atoms with van der Waals surface area (Å²) in [6.45, 7) is 3.31. The van der Waals surface area contributed by atoms with Crippen molar-refractivity contribution in [2.75, 3.05) is 26.4 Å².